The Kier molecular flexibility index (Phi) is 7.14. The van der Waals surface area contributed by atoms with Crippen LogP contribution < -0.4 is 9.62 Å². The monoisotopic (exact) mass is 395 g/mol. The maximum Gasteiger partial charge on any atom is 0.232 e. The van der Waals surface area contributed by atoms with Crippen molar-refractivity contribution >= 4 is 27.3 Å². The van der Waals surface area contributed by atoms with Crippen LogP contribution in [-0.4, -0.2) is 45.6 Å². The Morgan fingerprint density at radius 3 is 2.44 bits per heavy atom. The number of nitrogens with one attached hydrogen (secondary N) is 1. The number of benzene rings is 1. The first-order chi connectivity index (χ1) is 12.6. The highest BCUT2D eigenvalue weighted by atomic mass is 32.2. The van der Waals surface area contributed by atoms with E-state index in [1.54, 1.807) is 6.07 Å². The Morgan fingerprint density at radius 2 is 1.93 bits per heavy atom. The van der Waals surface area contributed by atoms with Crippen molar-refractivity contribution in [1.29, 1.82) is 0 Å². The third-order valence-electron chi connectivity index (χ3n) is 4.49. The topological polar surface area (TPSA) is 69.7 Å². The van der Waals surface area contributed by atoms with Gasteiger partial charge in [-0.3, -0.25) is 9.52 Å². The lowest BCUT2D eigenvalue weighted by atomic mass is 10.1. The van der Waals surface area contributed by atoms with Crippen LogP contribution >= 0.6 is 0 Å². The summed E-state index contributed by atoms with van der Waals surface area (Å²) in [4.78, 5) is 16.6. The Balaban J connectivity index is 2.30. The minimum Gasteiger partial charge on any atom is -0.377 e. The van der Waals surface area contributed by atoms with E-state index >= 15 is 0 Å². The number of hydrogen-bond donors (Lipinski definition) is 1. The number of sulfonamides is 1. The van der Waals surface area contributed by atoms with Crippen LogP contribution in [0.1, 0.15) is 45.6 Å². The minimum atomic E-state index is -3.35. The standard InChI is InChI=1S/C20H33N3O3S/c1-6-11-27(25,26)21-18-9-10-19(22(4)5)17(12-18)14-23(13-15(2)3)20(24)16-7-8-16/h9-10,12,15-16,21H,6-8,11,13-14H2,1-5H3. The van der Waals surface area contributed by atoms with Crippen LogP contribution in [0.5, 0.6) is 0 Å². The summed E-state index contributed by atoms with van der Waals surface area (Å²) in [6.45, 7) is 7.25. The lowest BCUT2D eigenvalue weighted by molar-refractivity contribution is -0.133. The fraction of sp³-hybridized carbons (Fsp3) is 0.650. The summed E-state index contributed by atoms with van der Waals surface area (Å²) in [6, 6.07) is 5.55. The molecule has 1 N–H and O–H groups in total. The highest BCUT2D eigenvalue weighted by Gasteiger charge is 2.33. The molecule has 152 valence electrons. The van der Waals surface area contributed by atoms with Crippen molar-refractivity contribution in [3.05, 3.63) is 23.8 Å². The van der Waals surface area contributed by atoms with Crippen LogP contribution in [0.2, 0.25) is 0 Å². The maximum atomic E-state index is 12.7. The predicted molar refractivity (Wildman–Crippen MR) is 111 cm³/mol. The van der Waals surface area contributed by atoms with Gasteiger partial charge in [0.25, 0.3) is 0 Å². The highest BCUT2D eigenvalue weighted by Crippen LogP contribution is 2.33. The number of nitrogens with zero attached hydrogens (tertiary/aromatic N) is 2. The lowest BCUT2D eigenvalue weighted by Crippen LogP contribution is -2.35. The molecule has 0 saturated heterocycles. The van der Waals surface area contributed by atoms with Crippen molar-refractivity contribution in [2.45, 2.75) is 46.6 Å². The average Bonchev–Trinajstić information content (AvgIpc) is 3.37. The van der Waals surface area contributed by atoms with Crippen LogP contribution in [0.4, 0.5) is 11.4 Å². The van der Waals surface area contributed by atoms with Gasteiger partial charge in [-0.25, -0.2) is 8.42 Å². The number of hydrogen-bond acceptors (Lipinski definition) is 4. The number of carbonyl (C=O) groups is 1. The van der Waals surface area contributed by atoms with E-state index in [0.29, 0.717) is 31.1 Å². The Hall–Kier alpha value is -1.76. The molecule has 0 radical (unpaired) electrons. The van der Waals surface area contributed by atoms with Crippen molar-refractivity contribution in [2.75, 3.05) is 36.0 Å². The Labute approximate surface area is 164 Å². The molecule has 1 amide bonds. The molecule has 0 aliphatic heterocycles. The van der Waals surface area contributed by atoms with Crippen molar-refractivity contribution in [2.24, 2.45) is 11.8 Å². The van der Waals surface area contributed by atoms with Gasteiger partial charge in [-0.1, -0.05) is 20.8 Å². The SMILES string of the molecule is CCCS(=O)(=O)Nc1ccc(N(C)C)c(CN(CC(C)C)C(=O)C2CC2)c1. The van der Waals surface area contributed by atoms with E-state index in [-0.39, 0.29) is 17.6 Å². The second-order valence-corrected chi connectivity index (χ2v) is 9.89. The van der Waals surface area contributed by atoms with Gasteiger partial charge in [0.05, 0.1) is 5.75 Å². The number of amides is 1. The zero-order valence-electron chi connectivity index (χ0n) is 17.2. The zero-order chi connectivity index (χ0) is 20.2. The first-order valence-electron chi connectivity index (χ1n) is 9.72. The van der Waals surface area contributed by atoms with Crippen LogP contribution in [-0.2, 0) is 21.4 Å². The van der Waals surface area contributed by atoms with Crippen molar-refractivity contribution in [3.63, 3.8) is 0 Å². The minimum absolute atomic E-state index is 0.0946. The number of carbonyl (C=O) groups excluding carboxylic acids is 1. The molecule has 1 aromatic rings. The van der Waals surface area contributed by atoms with Crippen LogP contribution in [0.15, 0.2) is 18.2 Å². The third-order valence-corrected chi connectivity index (χ3v) is 5.98. The van der Waals surface area contributed by atoms with Gasteiger partial charge in [-0.15, -0.1) is 0 Å². The van der Waals surface area contributed by atoms with Crippen LogP contribution in [0, 0.1) is 11.8 Å². The van der Waals surface area contributed by atoms with Gasteiger partial charge in [-0.2, -0.15) is 0 Å². The average molecular weight is 396 g/mol. The fourth-order valence-electron chi connectivity index (χ4n) is 3.18. The van der Waals surface area contributed by atoms with Gasteiger partial charge >= 0.3 is 0 Å². The highest BCUT2D eigenvalue weighted by molar-refractivity contribution is 7.92. The molecule has 0 aromatic heterocycles. The molecule has 0 bridgehead atoms. The van der Waals surface area contributed by atoms with Gasteiger partial charge in [0.15, 0.2) is 0 Å². The molecule has 1 aliphatic carbocycles. The molecule has 1 saturated carbocycles. The van der Waals surface area contributed by atoms with E-state index in [0.717, 1.165) is 24.1 Å². The van der Waals surface area contributed by atoms with Gasteiger partial charge in [-0.05, 0) is 48.9 Å². The molecular formula is C20H33N3O3S. The van der Waals surface area contributed by atoms with Gasteiger partial charge in [0.1, 0.15) is 0 Å². The fourth-order valence-corrected chi connectivity index (χ4v) is 4.30. The summed E-state index contributed by atoms with van der Waals surface area (Å²) in [5, 5.41) is 0. The largest absolute Gasteiger partial charge is 0.377 e. The molecule has 0 heterocycles. The molecule has 27 heavy (non-hydrogen) atoms. The molecule has 0 atom stereocenters. The van der Waals surface area contributed by atoms with E-state index < -0.39 is 10.0 Å². The summed E-state index contributed by atoms with van der Waals surface area (Å²) < 4.78 is 26.9. The normalized spacial score (nSPS) is 14.3. The van der Waals surface area contributed by atoms with Crippen molar-refractivity contribution in [3.8, 4) is 0 Å². The summed E-state index contributed by atoms with van der Waals surface area (Å²) in [5.74, 6) is 0.849. The maximum absolute atomic E-state index is 12.7. The molecule has 7 heteroatoms. The van der Waals surface area contributed by atoms with Gasteiger partial charge in [0, 0.05) is 44.5 Å². The lowest BCUT2D eigenvalue weighted by Gasteiger charge is -2.28. The molecule has 1 aromatic carbocycles. The molecule has 1 aliphatic rings. The van der Waals surface area contributed by atoms with Crippen molar-refractivity contribution < 1.29 is 13.2 Å². The zero-order valence-corrected chi connectivity index (χ0v) is 18.0. The molecular weight excluding hydrogens is 362 g/mol. The molecule has 0 spiro atoms. The van der Waals surface area contributed by atoms with Crippen LogP contribution in [0.25, 0.3) is 0 Å². The first kappa shape index (κ1) is 21.5. The molecule has 0 unspecified atom stereocenters. The molecule has 2 rings (SSSR count). The quantitative estimate of drug-likeness (QED) is 0.660. The van der Waals surface area contributed by atoms with E-state index in [2.05, 4.69) is 18.6 Å². The van der Waals surface area contributed by atoms with Gasteiger partial charge < -0.3 is 9.80 Å². The molecule has 6 nitrogen and oxygen atoms in total. The summed E-state index contributed by atoms with van der Waals surface area (Å²) in [7, 11) is 0.561. The summed E-state index contributed by atoms with van der Waals surface area (Å²) in [5.41, 5.74) is 2.49. The van der Waals surface area contributed by atoms with Crippen LogP contribution in [0.3, 0.4) is 0 Å². The van der Waals surface area contributed by atoms with E-state index in [1.165, 1.54) is 0 Å². The number of rotatable bonds is 10. The Bertz CT molecular complexity index is 756. The van der Waals surface area contributed by atoms with Gasteiger partial charge in [0.2, 0.25) is 15.9 Å². The molecule has 1 fully saturated rings. The van der Waals surface area contributed by atoms with Crippen molar-refractivity contribution in [1.82, 2.24) is 4.90 Å². The summed E-state index contributed by atoms with van der Waals surface area (Å²) >= 11 is 0. The summed E-state index contributed by atoms with van der Waals surface area (Å²) in [6.07, 6.45) is 2.52. The Morgan fingerprint density at radius 1 is 1.26 bits per heavy atom. The first-order valence-corrected chi connectivity index (χ1v) is 11.4. The second-order valence-electron chi connectivity index (χ2n) is 8.05. The van der Waals surface area contributed by atoms with E-state index in [1.807, 2.05) is 43.0 Å². The smallest absolute Gasteiger partial charge is 0.232 e. The third kappa shape index (κ3) is 6.41. The number of anilines is 2. The van der Waals surface area contributed by atoms with E-state index in [9.17, 15) is 13.2 Å². The van der Waals surface area contributed by atoms with E-state index in [4.69, 9.17) is 0 Å². The predicted octanol–water partition coefficient (Wildman–Crippen LogP) is 3.30. The second kappa shape index (κ2) is 8.95.